The van der Waals surface area contributed by atoms with E-state index in [2.05, 4.69) is 12.2 Å². The Labute approximate surface area is 104 Å². The molecule has 0 aliphatic carbocycles. The van der Waals surface area contributed by atoms with E-state index in [9.17, 15) is 4.79 Å². The minimum absolute atomic E-state index is 0.151. The number of nitrogens with two attached hydrogens (primary N) is 1. The normalized spacial score (nSPS) is 10.2. The van der Waals surface area contributed by atoms with Crippen molar-refractivity contribution in [2.75, 3.05) is 11.1 Å². The van der Waals surface area contributed by atoms with Crippen molar-refractivity contribution in [2.45, 2.75) is 13.3 Å². The third-order valence-corrected chi connectivity index (χ3v) is 3.45. The summed E-state index contributed by atoms with van der Waals surface area (Å²) >= 11 is 1.35. The molecule has 0 spiro atoms. The molecule has 17 heavy (non-hydrogen) atoms. The van der Waals surface area contributed by atoms with Crippen LogP contribution in [0.3, 0.4) is 0 Å². The molecule has 88 valence electrons. The van der Waals surface area contributed by atoms with Crippen LogP contribution >= 0.6 is 11.3 Å². The summed E-state index contributed by atoms with van der Waals surface area (Å²) in [4.78, 5) is 12.4. The molecule has 0 saturated carbocycles. The van der Waals surface area contributed by atoms with Crippen LogP contribution in [0.5, 0.6) is 0 Å². The fourth-order valence-corrected chi connectivity index (χ4v) is 2.23. The Morgan fingerprint density at radius 1 is 1.29 bits per heavy atom. The van der Waals surface area contributed by atoms with E-state index >= 15 is 0 Å². The maximum absolute atomic E-state index is 11.9. The number of anilines is 2. The third kappa shape index (κ3) is 2.65. The molecule has 2 aromatic rings. The fourth-order valence-electron chi connectivity index (χ4n) is 1.52. The molecule has 1 aromatic heterocycles. The molecule has 3 N–H and O–H groups in total. The van der Waals surface area contributed by atoms with Crippen molar-refractivity contribution in [3.8, 4) is 0 Å². The summed E-state index contributed by atoms with van der Waals surface area (Å²) in [5, 5.41) is 4.64. The first-order chi connectivity index (χ1) is 8.20. The van der Waals surface area contributed by atoms with Crippen LogP contribution < -0.4 is 11.1 Å². The van der Waals surface area contributed by atoms with Gasteiger partial charge in [-0.05, 0) is 35.6 Å². The van der Waals surface area contributed by atoms with E-state index in [-0.39, 0.29) is 5.91 Å². The number of nitrogen functional groups attached to an aromatic ring is 1. The molecular formula is C13H14N2OS. The van der Waals surface area contributed by atoms with Crippen molar-refractivity contribution >= 4 is 28.6 Å². The lowest BCUT2D eigenvalue weighted by Gasteiger charge is -2.05. The molecule has 0 fully saturated rings. The summed E-state index contributed by atoms with van der Waals surface area (Å²) in [5.41, 5.74) is 8.26. The highest BCUT2D eigenvalue weighted by Crippen LogP contribution is 2.20. The largest absolute Gasteiger partial charge is 0.397 e. The lowest BCUT2D eigenvalue weighted by molar-refractivity contribution is 0.103. The number of rotatable bonds is 3. The second-order valence-corrected chi connectivity index (χ2v) is 4.63. The van der Waals surface area contributed by atoms with Crippen molar-refractivity contribution in [2.24, 2.45) is 0 Å². The summed E-state index contributed by atoms with van der Waals surface area (Å²) in [7, 11) is 0. The molecule has 1 heterocycles. The van der Waals surface area contributed by atoms with Crippen molar-refractivity contribution in [3.05, 3.63) is 46.2 Å². The molecule has 0 aliphatic heterocycles. The second-order valence-electron chi connectivity index (χ2n) is 3.71. The van der Waals surface area contributed by atoms with Gasteiger partial charge in [-0.15, -0.1) is 11.3 Å². The van der Waals surface area contributed by atoms with Crippen LogP contribution in [0.4, 0.5) is 11.4 Å². The van der Waals surface area contributed by atoms with Crippen LogP contribution in [0.15, 0.2) is 35.7 Å². The third-order valence-electron chi connectivity index (χ3n) is 2.52. The number of aryl methyl sites for hydroxylation is 1. The van der Waals surface area contributed by atoms with Gasteiger partial charge in [-0.1, -0.05) is 19.1 Å². The Morgan fingerprint density at radius 2 is 2.00 bits per heavy atom. The van der Waals surface area contributed by atoms with Crippen LogP contribution in [0.2, 0.25) is 0 Å². The summed E-state index contributed by atoms with van der Waals surface area (Å²) in [6, 6.07) is 9.56. The van der Waals surface area contributed by atoms with Crippen molar-refractivity contribution < 1.29 is 4.79 Å². The lowest BCUT2D eigenvalue weighted by atomic mass is 10.1. The Bertz CT molecular complexity index is 516. The minimum atomic E-state index is -0.151. The van der Waals surface area contributed by atoms with Gasteiger partial charge in [-0.2, -0.15) is 0 Å². The number of carbonyl (C=O) groups excluding carboxylic acids is 1. The Kier molecular flexibility index (Phi) is 3.44. The lowest BCUT2D eigenvalue weighted by Crippen LogP contribution is -2.11. The topological polar surface area (TPSA) is 55.1 Å². The molecular weight excluding hydrogens is 232 g/mol. The predicted molar refractivity (Wildman–Crippen MR) is 72.5 cm³/mol. The first-order valence-electron chi connectivity index (χ1n) is 5.44. The van der Waals surface area contributed by atoms with Gasteiger partial charge in [0.1, 0.15) is 4.88 Å². The zero-order valence-corrected chi connectivity index (χ0v) is 10.4. The van der Waals surface area contributed by atoms with E-state index in [0.29, 0.717) is 10.6 Å². The maximum Gasteiger partial charge on any atom is 0.267 e. The molecule has 0 aliphatic rings. The highest BCUT2D eigenvalue weighted by Gasteiger charge is 2.10. The first kappa shape index (κ1) is 11.7. The standard InChI is InChI=1S/C13H14N2OS/c1-2-9-3-5-10(6-4-9)15-13(16)12-11(14)7-8-17-12/h3-8H,2,14H2,1H3,(H,15,16). The van der Waals surface area contributed by atoms with Crippen LogP contribution in [-0.2, 0) is 6.42 Å². The zero-order valence-electron chi connectivity index (χ0n) is 9.57. The fraction of sp³-hybridized carbons (Fsp3) is 0.154. The Morgan fingerprint density at radius 3 is 2.53 bits per heavy atom. The van der Waals surface area contributed by atoms with Gasteiger partial charge in [-0.25, -0.2) is 0 Å². The summed E-state index contributed by atoms with van der Waals surface area (Å²) < 4.78 is 0. The number of carbonyl (C=O) groups is 1. The SMILES string of the molecule is CCc1ccc(NC(=O)c2sccc2N)cc1. The molecule has 0 unspecified atom stereocenters. The van der Waals surface area contributed by atoms with Crippen molar-refractivity contribution in [1.29, 1.82) is 0 Å². The van der Waals surface area contributed by atoms with Crippen molar-refractivity contribution in [3.63, 3.8) is 0 Å². The Hall–Kier alpha value is -1.81. The van der Waals surface area contributed by atoms with Crippen LogP contribution in [0, 0.1) is 0 Å². The van der Waals surface area contributed by atoms with Gasteiger partial charge >= 0.3 is 0 Å². The molecule has 1 amide bonds. The monoisotopic (exact) mass is 246 g/mol. The van der Waals surface area contributed by atoms with E-state index in [4.69, 9.17) is 5.73 Å². The van der Waals surface area contributed by atoms with Gasteiger partial charge in [0.05, 0.1) is 5.69 Å². The predicted octanol–water partition coefficient (Wildman–Crippen LogP) is 3.15. The van der Waals surface area contributed by atoms with E-state index < -0.39 is 0 Å². The highest BCUT2D eigenvalue weighted by molar-refractivity contribution is 7.12. The Balaban J connectivity index is 2.10. The minimum Gasteiger partial charge on any atom is -0.397 e. The van der Waals surface area contributed by atoms with Gasteiger partial charge < -0.3 is 11.1 Å². The van der Waals surface area contributed by atoms with E-state index in [0.717, 1.165) is 12.1 Å². The summed E-state index contributed by atoms with van der Waals surface area (Å²) in [6.07, 6.45) is 0.992. The number of hydrogen-bond donors (Lipinski definition) is 2. The van der Waals surface area contributed by atoms with E-state index in [1.165, 1.54) is 16.9 Å². The van der Waals surface area contributed by atoms with Crippen molar-refractivity contribution in [1.82, 2.24) is 0 Å². The van der Waals surface area contributed by atoms with Gasteiger partial charge in [0, 0.05) is 5.69 Å². The average molecular weight is 246 g/mol. The number of amides is 1. The zero-order chi connectivity index (χ0) is 12.3. The van der Waals surface area contributed by atoms with Crippen LogP contribution in [0.1, 0.15) is 22.2 Å². The molecule has 4 heteroatoms. The van der Waals surface area contributed by atoms with E-state index in [1.54, 1.807) is 6.07 Å². The van der Waals surface area contributed by atoms with Gasteiger partial charge in [0.2, 0.25) is 0 Å². The number of benzene rings is 1. The molecule has 2 rings (SSSR count). The van der Waals surface area contributed by atoms with Gasteiger partial charge in [0.15, 0.2) is 0 Å². The molecule has 3 nitrogen and oxygen atoms in total. The summed E-state index contributed by atoms with van der Waals surface area (Å²) in [5.74, 6) is -0.151. The molecule has 1 aromatic carbocycles. The molecule has 0 bridgehead atoms. The first-order valence-corrected chi connectivity index (χ1v) is 6.32. The highest BCUT2D eigenvalue weighted by atomic mass is 32.1. The second kappa shape index (κ2) is 5.01. The van der Waals surface area contributed by atoms with E-state index in [1.807, 2.05) is 29.6 Å². The number of nitrogens with one attached hydrogen (secondary N) is 1. The van der Waals surface area contributed by atoms with Crippen LogP contribution in [-0.4, -0.2) is 5.91 Å². The summed E-state index contributed by atoms with van der Waals surface area (Å²) in [6.45, 7) is 2.10. The van der Waals surface area contributed by atoms with Crippen LogP contribution in [0.25, 0.3) is 0 Å². The number of thiophene rings is 1. The molecule has 0 saturated heterocycles. The van der Waals surface area contributed by atoms with Gasteiger partial charge in [0.25, 0.3) is 5.91 Å². The molecule has 0 atom stereocenters. The quantitative estimate of drug-likeness (QED) is 0.874. The maximum atomic E-state index is 11.9. The number of hydrogen-bond acceptors (Lipinski definition) is 3. The smallest absolute Gasteiger partial charge is 0.267 e. The average Bonchev–Trinajstić information content (AvgIpc) is 2.76. The van der Waals surface area contributed by atoms with Gasteiger partial charge in [-0.3, -0.25) is 4.79 Å². The molecule has 0 radical (unpaired) electrons.